The van der Waals surface area contributed by atoms with Crippen LogP contribution in [0.2, 0.25) is 0 Å². The molecular formula is C23H17F5N4O4S2. The normalized spacial score (nSPS) is 12.3. The Labute approximate surface area is 216 Å². The summed E-state index contributed by atoms with van der Waals surface area (Å²) in [7, 11) is -4.05. The van der Waals surface area contributed by atoms with Gasteiger partial charge in [0.2, 0.25) is 0 Å². The Kier molecular flexibility index (Phi) is 7.81. The van der Waals surface area contributed by atoms with Crippen LogP contribution in [-0.2, 0) is 16.2 Å². The zero-order chi connectivity index (χ0) is 27.7. The zero-order valence-electron chi connectivity index (χ0n) is 18.9. The Hall–Kier alpha value is -3.42. The van der Waals surface area contributed by atoms with Crippen molar-refractivity contribution in [3.05, 3.63) is 70.4 Å². The maximum Gasteiger partial charge on any atom is 0.416 e. The first kappa shape index (κ1) is 27.6. The number of rotatable bonds is 7. The highest BCUT2D eigenvalue weighted by atomic mass is 32.2. The highest BCUT2D eigenvalue weighted by molar-refractivity contribution is 7.91. The molecule has 0 fully saturated rings. The highest BCUT2D eigenvalue weighted by Crippen LogP contribution is 2.33. The first-order valence-electron chi connectivity index (χ1n) is 10.6. The van der Waals surface area contributed by atoms with E-state index in [0.717, 1.165) is 46.3 Å². The van der Waals surface area contributed by atoms with E-state index in [2.05, 4.69) is 26.6 Å². The lowest BCUT2D eigenvalue weighted by molar-refractivity contribution is -0.137. The van der Waals surface area contributed by atoms with Crippen LogP contribution in [0.5, 0.6) is 0 Å². The van der Waals surface area contributed by atoms with E-state index in [1.54, 1.807) is 0 Å². The Morgan fingerprint density at radius 2 is 1.82 bits per heavy atom. The van der Waals surface area contributed by atoms with Crippen LogP contribution in [0.25, 0.3) is 16.9 Å². The van der Waals surface area contributed by atoms with Crippen LogP contribution < -0.4 is 4.72 Å². The minimum Gasteiger partial charge on any atom is -0.395 e. The summed E-state index contributed by atoms with van der Waals surface area (Å²) in [6.45, 7) is -1.23. The molecule has 0 aliphatic carbocycles. The number of sulfonamides is 1. The van der Waals surface area contributed by atoms with Crippen molar-refractivity contribution in [1.29, 1.82) is 0 Å². The number of halogens is 5. The van der Waals surface area contributed by atoms with E-state index in [4.69, 9.17) is 10.2 Å². The van der Waals surface area contributed by atoms with Crippen molar-refractivity contribution >= 4 is 27.0 Å². The average Bonchev–Trinajstić information content (AvgIpc) is 3.52. The van der Waals surface area contributed by atoms with Gasteiger partial charge in [-0.15, -0.1) is 11.3 Å². The quantitative estimate of drug-likeness (QED) is 0.231. The number of nitrogens with one attached hydrogen (secondary N) is 1. The van der Waals surface area contributed by atoms with Gasteiger partial charge in [-0.3, -0.25) is 0 Å². The Balaban J connectivity index is 1.73. The molecule has 0 saturated heterocycles. The van der Waals surface area contributed by atoms with Gasteiger partial charge in [0, 0.05) is 5.56 Å². The van der Waals surface area contributed by atoms with Crippen LogP contribution in [-0.4, -0.2) is 52.5 Å². The van der Waals surface area contributed by atoms with Crippen molar-refractivity contribution in [1.82, 2.24) is 19.3 Å². The van der Waals surface area contributed by atoms with Crippen LogP contribution in [0.1, 0.15) is 28.1 Å². The fourth-order valence-corrected chi connectivity index (χ4v) is 5.70. The number of hydrogen-bond donors (Lipinski definition) is 3. The van der Waals surface area contributed by atoms with Crippen LogP contribution in [0.15, 0.2) is 52.9 Å². The number of thiophene rings is 1. The van der Waals surface area contributed by atoms with Crippen molar-refractivity contribution < 1.29 is 40.6 Å². The third kappa shape index (κ3) is 5.84. The minimum absolute atomic E-state index is 0.0333. The molecule has 0 unspecified atom stereocenters. The molecule has 0 atom stereocenters. The molecule has 8 nitrogen and oxygen atoms in total. The zero-order valence-corrected chi connectivity index (χ0v) is 20.6. The van der Waals surface area contributed by atoms with Gasteiger partial charge >= 0.3 is 6.18 Å². The molecule has 4 rings (SSSR count). The fraction of sp³-hybridized carbons (Fsp3) is 0.217. The van der Waals surface area contributed by atoms with Crippen LogP contribution in [0.3, 0.4) is 0 Å². The van der Waals surface area contributed by atoms with Gasteiger partial charge < -0.3 is 10.2 Å². The van der Waals surface area contributed by atoms with Gasteiger partial charge in [0.1, 0.15) is 9.90 Å². The first-order chi connectivity index (χ1) is 17.9. The summed E-state index contributed by atoms with van der Waals surface area (Å²) in [6.07, 6.45) is -6.50. The number of aromatic nitrogens is 3. The molecule has 1 aromatic carbocycles. The summed E-state index contributed by atoms with van der Waals surface area (Å²) in [5, 5.41) is 22.1. The highest BCUT2D eigenvalue weighted by Gasteiger charge is 2.31. The molecule has 0 saturated carbocycles. The fourth-order valence-electron chi connectivity index (χ4n) is 3.30. The average molecular weight is 573 g/mol. The van der Waals surface area contributed by atoms with Gasteiger partial charge in [0.15, 0.2) is 5.65 Å². The van der Waals surface area contributed by atoms with Crippen LogP contribution in [0, 0.1) is 11.8 Å². The molecular weight excluding hydrogens is 555 g/mol. The monoisotopic (exact) mass is 572 g/mol. The summed E-state index contributed by atoms with van der Waals surface area (Å²) in [6, 6.07) is 6.63. The molecule has 0 bridgehead atoms. The molecule has 200 valence electrons. The second-order valence-electron chi connectivity index (χ2n) is 7.79. The van der Waals surface area contributed by atoms with E-state index in [9.17, 15) is 30.4 Å². The standard InChI is InChI=1S/C23H17F5N4O4S2/c24-21(25)19-9-18(13-2-1-3-15(8-13)23(26,27)28)30-22-14(10-29-32(19)22)4-5-17-6-7-20(37-17)38(35,36)31-16(11-33)12-34/h1-3,6-10,16,21,31,33-34H,11-12H2. The molecule has 0 spiro atoms. The van der Waals surface area contributed by atoms with Crippen molar-refractivity contribution in [3.8, 4) is 23.1 Å². The molecule has 38 heavy (non-hydrogen) atoms. The number of aliphatic hydroxyl groups is 2. The molecule has 4 aromatic rings. The molecule has 3 aromatic heterocycles. The minimum atomic E-state index is -4.64. The predicted octanol–water partition coefficient (Wildman–Crippen LogP) is 3.45. The summed E-state index contributed by atoms with van der Waals surface area (Å²) >= 11 is 0.780. The molecule has 0 amide bonds. The lowest BCUT2D eigenvalue weighted by Gasteiger charge is -2.12. The largest absolute Gasteiger partial charge is 0.416 e. The number of benzene rings is 1. The molecule has 0 aliphatic heterocycles. The van der Waals surface area contributed by atoms with Gasteiger partial charge in [-0.25, -0.2) is 31.4 Å². The number of alkyl halides is 5. The third-order valence-electron chi connectivity index (χ3n) is 5.14. The molecule has 3 heterocycles. The van der Waals surface area contributed by atoms with Gasteiger partial charge in [0.25, 0.3) is 16.4 Å². The van der Waals surface area contributed by atoms with Gasteiger partial charge in [-0.2, -0.15) is 18.3 Å². The molecule has 3 N–H and O–H groups in total. The molecule has 0 aliphatic rings. The van der Waals surface area contributed by atoms with Gasteiger partial charge in [-0.1, -0.05) is 24.0 Å². The maximum atomic E-state index is 13.8. The molecule has 15 heteroatoms. The third-order valence-corrected chi connectivity index (χ3v) is 8.15. The van der Waals surface area contributed by atoms with E-state index >= 15 is 0 Å². The van der Waals surface area contributed by atoms with Crippen molar-refractivity contribution in [2.24, 2.45) is 0 Å². The lowest BCUT2D eigenvalue weighted by Crippen LogP contribution is -2.39. The topological polar surface area (TPSA) is 117 Å². The van der Waals surface area contributed by atoms with E-state index < -0.39 is 53.1 Å². The Morgan fingerprint density at radius 3 is 2.47 bits per heavy atom. The van der Waals surface area contributed by atoms with E-state index in [0.29, 0.717) is 0 Å². The summed E-state index contributed by atoms with van der Waals surface area (Å²) in [5.74, 6) is 5.38. The second-order valence-corrected chi connectivity index (χ2v) is 10.8. The Bertz CT molecular complexity index is 1630. The van der Waals surface area contributed by atoms with Gasteiger partial charge in [0.05, 0.1) is 47.2 Å². The summed E-state index contributed by atoms with van der Waals surface area (Å²) in [4.78, 5) is 4.50. The SMILES string of the molecule is O=S(=O)(NC(CO)CO)c1ccc(C#Cc2cnn3c(C(F)F)cc(-c4cccc(C(F)(F)F)c4)nc23)s1. The van der Waals surface area contributed by atoms with Crippen molar-refractivity contribution in [2.75, 3.05) is 13.2 Å². The number of hydrogen-bond acceptors (Lipinski definition) is 7. The number of fused-ring (bicyclic) bond motifs is 1. The molecule has 0 radical (unpaired) electrons. The van der Waals surface area contributed by atoms with Gasteiger partial charge in [-0.05, 0) is 30.3 Å². The lowest BCUT2D eigenvalue weighted by atomic mass is 10.1. The smallest absolute Gasteiger partial charge is 0.395 e. The number of nitrogens with zero attached hydrogens (tertiary/aromatic N) is 3. The second kappa shape index (κ2) is 10.8. The van der Waals surface area contributed by atoms with E-state index in [1.165, 1.54) is 18.2 Å². The summed E-state index contributed by atoms with van der Waals surface area (Å²) in [5.41, 5.74) is -1.78. The van der Waals surface area contributed by atoms with Crippen LogP contribution >= 0.6 is 11.3 Å². The van der Waals surface area contributed by atoms with Crippen LogP contribution in [0.4, 0.5) is 22.0 Å². The van der Waals surface area contributed by atoms with Crippen molar-refractivity contribution in [3.63, 3.8) is 0 Å². The maximum absolute atomic E-state index is 13.8. The first-order valence-corrected chi connectivity index (χ1v) is 12.9. The van der Waals surface area contributed by atoms with E-state index in [1.807, 2.05) is 0 Å². The Morgan fingerprint density at radius 1 is 1.08 bits per heavy atom. The summed E-state index contributed by atoms with van der Waals surface area (Å²) < 4.78 is 94.7. The number of aliphatic hydroxyl groups excluding tert-OH is 2. The van der Waals surface area contributed by atoms with E-state index in [-0.39, 0.29) is 31.6 Å². The van der Waals surface area contributed by atoms with Crippen molar-refractivity contribution in [2.45, 2.75) is 22.9 Å². The predicted molar refractivity (Wildman–Crippen MR) is 127 cm³/mol.